The normalized spacial score (nSPS) is 20.3. The van der Waals surface area contributed by atoms with Crippen molar-refractivity contribution in [2.75, 3.05) is 24.6 Å². The Kier molecular flexibility index (Phi) is 4.42. The van der Waals surface area contributed by atoms with Crippen LogP contribution in [-0.4, -0.2) is 57.8 Å². The van der Waals surface area contributed by atoms with Crippen LogP contribution in [0, 0.1) is 0 Å². The molecule has 2 amide bonds. The monoisotopic (exact) mass is 388 g/mol. The molecule has 4 rings (SSSR count). The number of aliphatic carboxylic acids is 1. The second-order valence-corrected chi connectivity index (χ2v) is 7.08. The number of imidazole rings is 1. The van der Waals surface area contributed by atoms with Crippen molar-refractivity contribution < 1.29 is 24.2 Å². The van der Waals surface area contributed by atoms with E-state index < -0.39 is 17.9 Å². The van der Waals surface area contributed by atoms with Crippen molar-refractivity contribution in [3.05, 3.63) is 28.7 Å². The number of nitrogens with one attached hydrogen (secondary N) is 1. The molecule has 2 fully saturated rings. The van der Waals surface area contributed by atoms with Gasteiger partial charge in [0.05, 0.1) is 17.1 Å². The van der Waals surface area contributed by atoms with Crippen molar-refractivity contribution in [3.63, 3.8) is 0 Å². The third kappa shape index (κ3) is 3.05. The molecule has 1 aromatic heterocycles. The number of carboxylic acid groups (broad SMARTS) is 1. The lowest BCUT2D eigenvalue weighted by atomic mass is 10.1. The number of aryl methyl sites for hydroxylation is 1. The van der Waals surface area contributed by atoms with E-state index in [1.807, 2.05) is 17.0 Å². The summed E-state index contributed by atoms with van der Waals surface area (Å²) >= 11 is 0. The molecule has 148 valence electrons. The van der Waals surface area contributed by atoms with Crippen molar-refractivity contribution >= 4 is 34.5 Å². The molecule has 2 aromatic rings. The highest BCUT2D eigenvalue weighted by molar-refractivity contribution is 6.00. The first-order valence-electron chi connectivity index (χ1n) is 8.98. The maximum absolute atomic E-state index is 12.8. The van der Waals surface area contributed by atoms with Gasteiger partial charge in [-0.05, 0) is 24.6 Å². The summed E-state index contributed by atoms with van der Waals surface area (Å²) in [6.45, 7) is 0.821. The highest BCUT2D eigenvalue weighted by Gasteiger charge is 2.32. The molecule has 0 radical (unpaired) electrons. The van der Waals surface area contributed by atoms with Gasteiger partial charge in [0.2, 0.25) is 11.8 Å². The highest BCUT2D eigenvalue weighted by atomic mass is 16.5. The number of carbonyl (C=O) groups excluding carboxylic acids is 2. The second kappa shape index (κ2) is 6.79. The standard InChI is InChI=1S/C18H20N4O6/c1-20-14-6-10(21-7-11(8-21)28-9-16(24)25)2-3-12(14)22(18(20)27)13-4-5-15(23)19-17(13)26/h2-3,6,11,13H,4-5,7-9H2,1H3,(H,24,25)(H,19,23,26). The zero-order chi connectivity index (χ0) is 20.0. The molecule has 2 aliphatic rings. The van der Waals surface area contributed by atoms with Gasteiger partial charge in [0.1, 0.15) is 12.6 Å². The van der Waals surface area contributed by atoms with E-state index in [0.29, 0.717) is 30.5 Å². The molecule has 0 saturated carbocycles. The van der Waals surface area contributed by atoms with Crippen molar-refractivity contribution in [1.82, 2.24) is 14.5 Å². The van der Waals surface area contributed by atoms with Crippen LogP contribution in [0.2, 0.25) is 0 Å². The molecule has 10 heteroatoms. The molecule has 28 heavy (non-hydrogen) atoms. The maximum Gasteiger partial charge on any atom is 0.329 e. The van der Waals surface area contributed by atoms with Crippen LogP contribution in [0.4, 0.5) is 5.69 Å². The molecule has 0 aliphatic carbocycles. The van der Waals surface area contributed by atoms with Crippen LogP contribution in [0.1, 0.15) is 18.9 Å². The smallest absolute Gasteiger partial charge is 0.329 e. The molecule has 2 saturated heterocycles. The molecule has 1 aromatic carbocycles. The summed E-state index contributed by atoms with van der Waals surface area (Å²) in [5.41, 5.74) is 1.89. The van der Waals surface area contributed by atoms with Crippen molar-refractivity contribution in [2.24, 2.45) is 7.05 Å². The van der Waals surface area contributed by atoms with E-state index in [1.165, 1.54) is 9.13 Å². The number of carbonyl (C=O) groups is 3. The van der Waals surface area contributed by atoms with Gasteiger partial charge >= 0.3 is 11.7 Å². The van der Waals surface area contributed by atoms with E-state index in [4.69, 9.17) is 9.84 Å². The van der Waals surface area contributed by atoms with Gasteiger partial charge < -0.3 is 14.7 Å². The van der Waals surface area contributed by atoms with Gasteiger partial charge in [-0.2, -0.15) is 0 Å². The fourth-order valence-electron chi connectivity index (χ4n) is 3.72. The van der Waals surface area contributed by atoms with Crippen molar-refractivity contribution in [3.8, 4) is 0 Å². The van der Waals surface area contributed by atoms with Crippen LogP contribution in [-0.2, 0) is 26.2 Å². The minimum Gasteiger partial charge on any atom is -0.480 e. The Labute approximate surface area is 159 Å². The molecular weight excluding hydrogens is 368 g/mol. The number of imide groups is 1. The Bertz CT molecular complexity index is 1030. The molecule has 0 spiro atoms. The van der Waals surface area contributed by atoms with Crippen LogP contribution in [0.3, 0.4) is 0 Å². The summed E-state index contributed by atoms with van der Waals surface area (Å²) in [6, 6.07) is 4.81. The van der Waals surface area contributed by atoms with E-state index in [0.717, 1.165) is 5.69 Å². The topological polar surface area (TPSA) is 123 Å². The lowest BCUT2D eigenvalue weighted by Gasteiger charge is -2.40. The summed E-state index contributed by atoms with van der Waals surface area (Å²) in [4.78, 5) is 49.0. The quantitative estimate of drug-likeness (QED) is 0.669. The SMILES string of the molecule is Cn1c(=O)n(C2CCC(=O)NC2=O)c2ccc(N3CC(OCC(=O)O)C3)cc21. The largest absolute Gasteiger partial charge is 0.480 e. The number of amides is 2. The fraction of sp³-hybridized carbons (Fsp3) is 0.444. The number of hydrogen-bond acceptors (Lipinski definition) is 6. The first-order valence-corrected chi connectivity index (χ1v) is 8.98. The van der Waals surface area contributed by atoms with Gasteiger partial charge in [-0.1, -0.05) is 0 Å². The third-order valence-electron chi connectivity index (χ3n) is 5.25. The summed E-state index contributed by atoms with van der Waals surface area (Å²) in [5, 5.41) is 11.0. The number of hydrogen-bond donors (Lipinski definition) is 2. The van der Waals surface area contributed by atoms with E-state index in [9.17, 15) is 19.2 Å². The minimum absolute atomic E-state index is 0.135. The van der Waals surface area contributed by atoms with Crippen LogP contribution in [0.5, 0.6) is 0 Å². The van der Waals surface area contributed by atoms with Gasteiger partial charge in [-0.3, -0.25) is 24.0 Å². The summed E-state index contributed by atoms with van der Waals surface area (Å²) < 4.78 is 8.18. The number of nitrogens with zero attached hydrogens (tertiary/aromatic N) is 3. The van der Waals surface area contributed by atoms with E-state index >= 15 is 0 Å². The number of anilines is 1. The van der Waals surface area contributed by atoms with Gasteiger partial charge in [0.15, 0.2) is 0 Å². The Morgan fingerprint density at radius 1 is 1.25 bits per heavy atom. The first kappa shape index (κ1) is 18.2. The van der Waals surface area contributed by atoms with Gasteiger partial charge in [0, 0.05) is 32.2 Å². The maximum atomic E-state index is 12.8. The number of aromatic nitrogens is 2. The van der Waals surface area contributed by atoms with Crippen LogP contribution in [0.15, 0.2) is 23.0 Å². The van der Waals surface area contributed by atoms with Crippen molar-refractivity contribution in [1.29, 1.82) is 0 Å². The molecule has 2 N–H and O–H groups in total. The predicted molar refractivity (Wildman–Crippen MR) is 98.2 cm³/mol. The Hall–Kier alpha value is -3.14. The number of ether oxygens (including phenoxy) is 1. The number of fused-ring (bicyclic) bond motifs is 1. The van der Waals surface area contributed by atoms with Crippen LogP contribution < -0.4 is 15.9 Å². The van der Waals surface area contributed by atoms with Gasteiger partial charge in [0.25, 0.3) is 0 Å². The van der Waals surface area contributed by atoms with Crippen molar-refractivity contribution in [2.45, 2.75) is 25.0 Å². The molecular formula is C18H20N4O6. The van der Waals surface area contributed by atoms with E-state index in [-0.39, 0.29) is 30.7 Å². The van der Waals surface area contributed by atoms with Gasteiger partial charge in [-0.25, -0.2) is 9.59 Å². The number of benzene rings is 1. The highest BCUT2D eigenvalue weighted by Crippen LogP contribution is 2.28. The fourth-order valence-corrected chi connectivity index (χ4v) is 3.72. The minimum atomic E-state index is -0.996. The van der Waals surface area contributed by atoms with Crippen LogP contribution in [0.25, 0.3) is 11.0 Å². The number of piperidine rings is 1. The molecule has 2 aliphatic heterocycles. The zero-order valence-corrected chi connectivity index (χ0v) is 15.3. The van der Waals surface area contributed by atoms with Crippen LogP contribution >= 0.6 is 0 Å². The Morgan fingerprint density at radius 2 is 2.00 bits per heavy atom. The predicted octanol–water partition coefficient (Wildman–Crippen LogP) is -0.392. The number of rotatable bonds is 5. The van der Waals surface area contributed by atoms with E-state index in [1.54, 1.807) is 13.1 Å². The average Bonchev–Trinajstić information content (AvgIpc) is 2.85. The van der Waals surface area contributed by atoms with Gasteiger partial charge in [-0.15, -0.1) is 0 Å². The lowest BCUT2D eigenvalue weighted by Crippen LogP contribution is -2.52. The number of carboxylic acids is 1. The Balaban J connectivity index is 1.59. The molecule has 1 atom stereocenters. The average molecular weight is 388 g/mol. The summed E-state index contributed by atoms with van der Waals surface area (Å²) in [6.07, 6.45) is 0.354. The Morgan fingerprint density at radius 3 is 2.68 bits per heavy atom. The molecule has 0 bridgehead atoms. The third-order valence-corrected chi connectivity index (χ3v) is 5.25. The molecule has 1 unspecified atom stereocenters. The second-order valence-electron chi connectivity index (χ2n) is 7.08. The molecule has 10 nitrogen and oxygen atoms in total. The molecule has 3 heterocycles. The zero-order valence-electron chi connectivity index (χ0n) is 15.3. The summed E-state index contributed by atoms with van der Waals surface area (Å²) in [7, 11) is 1.64. The van der Waals surface area contributed by atoms with E-state index in [2.05, 4.69) is 5.32 Å². The summed E-state index contributed by atoms with van der Waals surface area (Å²) in [5.74, 6) is -1.78. The lowest BCUT2D eigenvalue weighted by molar-refractivity contribution is -0.145. The first-order chi connectivity index (χ1) is 13.3.